The van der Waals surface area contributed by atoms with Crippen molar-refractivity contribution in [1.29, 1.82) is 0 Å². The minimum atomic E-state index is -0.214. The van der Waals surface area contributed by atoms with Crippen molar-refractivity contribution >= 4 is 35.1 Å². The fraction of sp³-hybridized carbons (Fsp3) is 0.182. The minimum Gasteiger partial charge on any atom is -0.312 e. The number of hydrogen-bond acceptors (Lipinski definition) is 5. The van der Waals surface area contributed by atoms with Crippen molar-refractivity contribution in [1.82, 2.24) is 24.1 Å². The summed E-state index contributed by atoms with van der Waals surface area (Å²) in [5.41, 5.74) is 5.63. The number of hydrogen-bond donors (Lipinski definition) is 1. The molecule has 0 bridgehead atoms. The van der Waals surface area contributed by atoms with E-state index in [0.29, 0.717) is 34.7 Å². The molecule has 0 saturated heterocycles. The molecule has 4 aromatic rings. The van der Waals surface area contributed by atoms with Gasteiger partial charge in [0.1, 0.15) is 16.7 Å². The molecule has 3 aromatic heterocycles. The fourth-order valence-electron chi connectivity index (χ4n) is 3.87. The first-order chi connectivity index (χ1) is 15.0. The number of carbonyl (C=O) groups is 1. The SMILES string of the molecule is Cc1cc(-c2nn(SF)c3cc4c(nc23)CN(C(C)c2ccccc2)C(=O)N4)ccn1. The van der Waals surface area contributed by atoms with Crippen LogP contribution in [0.2, 0.25) is 0 Å². The number of benzene rings is 1. The number of pyridine rings is 2. The monoisotopic (exact) mass is 434 g/mol. The lowest BCUT2D eigenvalue weighted by Crippen LogP contribution is -2.40. The van der Waals surface area contributed by atoms with Crippen LogP contribution in [0.1, 0.15) is 29.9 Å². The molecular formula is C22H19FN6OS. The summed E-state index contributed by atoms with van der Waals surface area (Å²) in [5, 5.41) is 7.30. The van der Waals surface area contributed by atoms with E-state index in [1.807, 2.05) is 56.3 Å². The Hall–Kier alpha value is -3.46. The molecule has 31 heavy (non-hydrogen) atoms. The molecule has 0 spiro atoms. The quantitative estimate of drug-likeness (QED) is 0.472. The summed E-state index contributed by atoms with van der Waals surface area (Å²) >= 11 is -0.00102. The molecule has 1 aliphatic rings. The van der Waals surface area contributed by atoms with Crippen LogP contribution in [-0.4, -0.2) is 30.1 Å². The molecule has 0 fully saturated rings. The predicted octanol–water partition coefficient (Wildman–Crippen LogP) is 5.29. The van der Waals surface area contributed by atoms with Crippen molar-refractivity contribution < 1.29 is 8.68 Å². The Morgan fingerprint density at radius 2 is 2.00 bits per heavy atom. The van der Waals surface area contributed by atoms with Crippen molar-refractivity contribution in [3.05, 3.63) is 71.7 Å². The van der Waals surface area contributed by atoms with E-state index >= 15 is 0 Å². The number of amides is 2. The number of aromatic nitrogens is 4. The average Bonchev–Trinajstić information content (AvgIpc) is 3.15. The van der Waals surface area contributed by atoms with Gasteiger partial charge in [-0.25, -0.2) is 9.78 Å². The summed E-state index contributed by atoms with van der Waals surface area (Å²) in [4.78, 5) is 23.6. The Kier molecular flexibility index (Phi) is 4.82. The topological polar surface area (TPSA) is 75.9 Å². The van der Waals surface area contributed by atoms with Crippen molar-refractivity contribution in [2.45, 2.75) is 26.4 Å². The molecule has 156 valence electrons. The molecule has 2 amide bonds. The van der Waals surface area contributed by atoms with E-state index in [2.05, 4.69) is 15.4 Å². The molecule has 1 N–H and O–H groups in total. The summed E-state index contributed by atoms with van der Waals surface area (Å²) in [6, 6.07) is 15.0. The van der Waals surface area contributed by atoms with E-state index in [1.165, 1.54) is 4.09 Å². The Labute approximate surface area is 182 Å². The van der Waals surface area contributed by atoms with Gasteiger partial charge >= 0.3 is 6.03 Å². The summed E-state index contributed by atoms with van der Waals surface area (Å²) in [6.07, 6.45) is 1.69. The molecule has 1 aromatic carbocycles. The summed E-state index contributed by atoms with van der Waals surface area (Å²) in [5.74, 6) is 0. The molecule has 7 nitrogen and oxygen atoms in total. The fourth-order valence-corrected chi connectivity index (χ4v) is 4.19. The van der Waals surface area contributed by atoms with Crippen molar-refractivity contribution in [2.75, 3.05) is 5.32 Å². The Bertz CT molecular complexity index is 1290. The van der Waals surface area contributed by atoms with E-state index in [9.17, 15) is 8.68 Å². The van der Waals surface area contributed by atoms with E-state index < -0.39 is 0 Å². The third kappa shape index (κ3) is 3.40. The second-order valence-electron chi connectivity index (χ2n) is 7.47. The summed E-state index contributed by atoms with van der Waals surface area (Å²) in [7, 11) is 0. The highest BCUT2D eigenvalue weighted by molar-refractivity contribution is 7.92. The zero-order chi connectivity index (χ0) is 21.5. The first-order valence-electron chi connectivity index (χ1n) is 9.82. The van der Waals surface area contributed by atoms with Crippen LogP contribution >= 0.6 is 12.3 Å². The number of carbonyl (C=O) groups excluding carboxylic acids is 1. The molecule has 1 unspecified atom stereocenters. The highest BCUT2D eigenvalue weighted by Crippen LogP contribution is 2.35. The van der Waals surface area contributed by atoms with E-state index in [1.54, 1.807) is 17.2 Å². The first-order valence-corrected chi connectivity index (χ1v) is 10.5. The summed E-state index contributed by atoms with van der Waals surface area (Å²) in [6.45, 7) is 4.22. The van der Waals surface area contributed by atoms with Crippen LogP contribution in [0.4, 0.5) is 14.4 Å². The maximum atomic E-state index is 13.6. The van der Waals surface area contributed by atoms with Gasteiger partial charge in [-0.05, 0) is 37.6 Å². The molecule has 0 saturated carbocycles. The summed E-state index contributed by atoms with van der Waals surface area (Å²) < 4.78 is 14.8. The highest BCUT2D eigenvalue weighted by atomic mass is 32.2. The van der Waals surface area contributed by atoms with Gasteiger partial charge in [0.25, 0.3) is 0 Å². The van der Waals surface area contributed by atoms with E-state index in [0.717, 1.165) is 16.8 Å². The van der Waals surface area contributed by atoms with Crippen molar-refractivity contribution in [3.63, 3.8) is 0 Å². The lowest BCUT2D eigenvalue weighted by atomic mass is 10.1. The molecule has 1 aliphatic heterocycles. The van der Waals surface area contributed by atoms with Gasteiger partial charge < -0.3 is 10.2 Å². The normalized spacial score (nSPS) is 14.4. The van der Waals surface area contributed by atoms with Gasteiger partial charge in [-0.3, -0.25) is 4.98 Å². The van der Waals surface area contributed by atoms with Gasteiger partial charge in [-0.1, -0.05) is 30.3 Å². The Morgan fingerprint density at radius 1 is 1.19 bits per heavy atom. The Morgan fingerprint density at radius 3 is 2.74 bits per heavy atom. The molecule has 0 aliphatic carbocycles. The van der Waals surface area contributed by atoms with Crippen LogP contribution in [0, 0.1) is 6.92 Å². The standard InChI is InChI=1S/C22H19FN6OS/c1-13-10-16(8-9-24-13)20-21-19(29(27-20)31-23)11-17-18(25-21)12-28(22(30)26-17)14(2)15-6-4-3-5-7-15/h3-11,14H,12H2,1-2H3,(H,26,30). The van der Waals surface area contributed by atoms with Crippen LogP contribution in [0.25, 0.3) is 22.3 Å². The number of anilines is 1. The average molecular weight is 435 g/mol. The van der Waals surface area contributed by atoms with Crippen LogP contribution in [0.5, 0.6) is 0 Å². The van der Waals surface area contributed by atoms with Crippen molar-refractivity contribution in [2.24, 2.45) is 0 Å². The number of nitrogens with one attached hydrogen (secondary N) is 1. The van der Waals surface area contributed by atoms with Crippen LogP contribution in [0.15, 0.2) is 54.7 Å². The van der Waals surface area contributed by atoms with E-state index in [4.69, 9.17) is 4.98 Å². The lowest BCUT2D eigenvalue weighted by Gasteiger charge is -2.33. The minimum absolute atomic E-state index is 0.00102. The molecule has 5 rings (SSSR count). The number of halogens is 1. The smallest absolute Gasteiger partial charge is 0.312 e. The molecule has 9 heteroatoms. The van der Waals surface area contributed by atoms with Gasteiger partial charge in [0.15, 0.2) is 12.3 Å². The van der Waals surface area contributed by atoms with Gasteiger partial charge in [-0.2, -0.15) is 9.19 Å². The van der Waals surface area contributed by atoms with Gasteiger partial charge in [0, 0.05) is 17.5 Å². The zero-order valence-electron chi connectivity index (χ0n) is 16.9. The second-order valence-corrected chi connectivity index (χ2v) is 7.96. The molecular weight excluding hydrogens is 415 g/mol. The third-order valence-electron chi connectivity index (χ3n) is 5.51. The molecule has 1 atom stereocenters. The maximum Gasteiger partial charge on any atom is 0.322 e. The van der Waals surface area contributed by atoms with Crippen LogP contribution in [-0.2, 0) is 6.54 Å². The zero-order valence-corrected chi connectivity index (χ0v) is 17.7. The van der Waals surface area contributed by atoms with E-state index in [-0.39, 0.29) is 24.4 Å². The predicted molar refractivity (Wildman–Crippen MR) is 119 cm³/mol. The van der Waals surface area contributed by atoms with Crippen LogP contribution < -0.4 is 5.32 Å². The molecule has 0 radical (unpaired) electrons. The number of aryl methyl sites for hydroxylation is 1. The highest BCUT2D eigenvalue weighted by Gasteiger charge is 2.30. The van der Waals surface area contributed by atoms with Gasteiger partial charge in [0.05, 0.1) is 24.0 Å². The van der Waals surface area contributed by atoms with Crippen LogP contribution in [0.3, 0.4) is 0 Å². The largest absolute Gasteiger partial charge is 0.322 e. The number of urea groups is 1. The molecule has 4 heterocycles. The van der Waals surface area contributed by atoms with Crippen molar-refractivity contribution in [3.8, 4) is 11.3 Å². The number of nitrogens with zero attached hydrogens (tertiary/aromatic N) is 5. The first kappa shape index (κ1) is 19.5. The number of rotatable bonds is 4. The maximum absolute atomic E-state index is 13.6. The number of fused-ring (bicyclic) bond motifs is 2. The van der Waals surface area contributed by atoms with Gasteiger partial charge in [0.2, 0.25) is 0 Å². The van der Waals surface area contributed by atoms with Gasteiger partial charge in [-0.15, -0.1) is 3.89 Å². The third-order valence-corrected chi connectivity index (χ3v) is 5.92. The second kappa shape index (κ2) is 7.66. The Balaban J connectivity index is 1.60. The lowest BCUT2D eigenvalue weighted by molar-refractivity contribution is 0.185.